The summed E-state index contributed by atoms with van der Waals surface area (Å²) in [6.07, 6.45) is 14.2. The Morgan fingerprint density at radius 1 is 0.938 bits per heavy atom. The maximum atomic E-state index is 11.3. The van der Waals surface area contributed by atoms with E-state index in [0.29, 0.717) is 19.6 Å². The van der Waals surface area contributed by atoms with Crippen LogP contribution >= 0.6 is 0 Å². The summed E-state index contributed by atoms with van der Waals surface area (Å²) in [5.41, 5.74) is 0. The fourth-order valence-corrected chi connectivity index (χ4v) is 3.37. The van der Waals surface area contributed by atoms with Crippen molar-refractivity contribution in [3.63, 3.8) is 0 Å². The van der Waals surface area contributed by atoms with Gasteiger partial charge in [-0.05, 0) is 44.6 Å². The van der Waals surface area contributed by atoms with Crippen molar-refractivity contribution in [2.45, 2.75) is 117 Å². The maximum absolute atomic E-state index is 11.3. The Morgan fingerprint density at radius 2 is 1.62 bits per heavy atom. The average Bonchev–Trinajstić information content (AvgIpc) is 2.72. The van der Waals surface area contributed by atoms with E-state index in [9.17, 15) is 9.59 Å². The zero-order valence-electron chi connectivity index (χ0n) is 21.7. The molecule has 0 aliphatic carbocycles. The van der Waals surface area contributed by atoms with Crippen LogP contribution in [0, 0.1) is 0 Å². The lowest BCUT2D eigenvalue weighted by Gasteiger charge is -2.15. The van der Waals surface area contributed by atoms with Gasteiger partial charge in [-0.25, -0.2) is 9.59 Å². The van der Waals surface area contributed by atoms with Crippen molar-refractivity contribution in [2.75, 3.05) is 19.8 Å². The van der Waals surface area contributed by atoms with Gasteiger partial charge in [-0.15, -0.1) is 0 Å². The molecule has 32 heavy (non-hydrogen) atoms. The van der Waals surface area contributed by atoms with Gasteiger partial charge < -0.3 is 19.9 Å². The number of alkyl carbamates (subject to hydrolysis) is 1. The Hall–Kier alpha value is -1.34. The van der Waals surface area contributed by atoms with E-state index < -0.39 is 20.1 Å². The van der Waals surface area contributed by atoms with Gasteiger partial charge in [0.15, 0.2) is 6.10 Å². The molecule has 0 fully saturated rings. The second-order valence-electron chi connectivity index (χ2n) is 9.27. The third-order valence-corrected chi connectivity index (χ3v) is 6.47. The molecule has 2 N–H and O–H groups in total. The van der Waals surface area contributed by atoms with Crippen molar-refractivity contribution in [1.29, 1.82) is 0 Å². The molecule has 0 aromatic rings. The standard InChI is InChI=1S/C13H29NO2Si.C12H22O3/c1-5-6-7-8-9-10-14-13(15)16-11-12-17(2,3)4;1-3-5-6-7-8-9-10-15-11(4-2)12(13)14/h5-12H2,1-4H3,(H,14,15);5-6,11H,3-4,7-10H2,1-2H3,(H,13,14)/b;6-5-. The van der Waals surface area contributed by atoms with Crippen LogP contribution in [0.15, 0.2) is 12.2 Å². The molecule has 190 valence electrons. The van der Waals surface area contributed by atoms with E-state index in [2.05, 4.69) is 51.0 Å². The minimum Gasteiger partial charge on any atom is -0.479 e. The van der Waals surface area contributed by atoms with Gasteiger partial charge in [0, 0.05) is 21.2 Å². The largest absolute Gasteiger partial charge is 0.479 e. The van der Waals surface area contributed by atoms with Crippen molar-refractivity contribution >= 4 is 20.1 Å². The highest BCUT2D eigenvalue weighted by Gasteiger charge is 2.14. The summed E-state index contributed by atoms with van der Waals surface area (Å²) in [4.78, 5) is 21.9. The smallest absolute Gasteiger partial charge is 0.407 e. The molecule has 1 unspecified atom stereocenters. The van der Waals surface area contributed by atoms with Crippen LogP contribution in [-0.2, 0) is 14.3 Å². The summed E-state index contributed by atoms with van der Waals surface area (Å²) >= 11 is 0. The first kappa shape index (κ1) is 32.8. The summed E-state index contributed by atoms with van der Waals surface area (Å²) in [5.74, 6) is -0.858. The Labute approximate surface area is 198 Å². The molecule has 0 rings (SSSR count). The topological polar surface area (TPSA) is 84.9 Å². The molecule has 1 amide bonds. The summed E-state index contributed by atoms with van der Waals surface area (Å²) in [6, 6.07) is 1.04. The maximum Gasteiger partial charge on any atom is 0.407 e. The number of allylic oxidation sites excluding steroid dienone is 2. The molecule has 0 aromatic heterocycles. The first-order valence-electron chi connectivity index (χ1n) is 12.6. The van der Waals surface area contributed by atoms with Crippen molar-refractivity contribution in [1.82, 2.24) is 5.32 Å². The molecule has 0 aliphatic rings. The summed E-state index contributed by atoms with van der Waals surface area (Å²) in [6.45, 7) is 14.8. The Bertz CT molecular complexity index is 477. The highest BCUT2D eigenvalue weighted by molar-refractivity contribution is 6.76. The van der Waals surface area contributed by atoms with Crippen LogP contribution in [0.4, 0.5) is 4.79 Å². The van der Waals surface area contributed by atoms with Crippen LogP contribution in [0.3, 0.4) is 0 Å². The molecule has 0 radical (unpaired) electrons. The quantitative estimate of drug-likeness (QED) is 0.127. The molecule has 0 spiro atoms. The average molecular weight is 474 g/mol. The van der Waals surface area contributed by atoms with Gasteiger partial charge in [-0.2, -0.15) is 0 Å². The van der Waals surface area contributed by atoms with E-state index in [-0.39, 0.29) is 6.09 Å². The fraction of sp³-hybridized carbons (Fsp3) is 0.840. The molecular weight excluding hydrogens is 422 g/mol. The summed E-state index contributed by atoms with van der Waals surface area (Å²) in [7, 11) is -1.08. The van der Waals surface area contributed by atoms with Crippen molar-refractivity contribution in [3.8, 4) is 0 Å². The lowest BCUT2D eigenvalue weighted by Crippen LogP contribution is -2.28. The van der Waals surface area contributed by atoms with Crippen LogP contribution in [0.25, 0.3) is 0 Å². The second kappa shape index (κ2) is 22.8. The number of ether oxygens (including phenoxy) is 2. The number of aliphatic carboxylic acids is 1. The highest BCUT2D eigenvalue weighted by Crippen LogP contribution is 2.07. The number of carboxylic acid groups (broad SMARTS) is 1. The molecule has 0 aromatic carbocycles. The lowest BCUT2D eigenvalue weighted by atomic mass is 10.1. The van der Waals surface area contributed by atoms with Gasteiger partial charge in [-0.1, -0.05) is 78.2 Å². The molecule has 0 saturated carbocycles. The van der Waals surface area contributed by atoms with Crippen LogP contribution in [0.1, 0.15) is 85.0 Å². The molecular formula is C25H51NO5Si. The Morgan fingerprint density at radius 3 is 2.19 bits per heavy atom. The van der Waals surface area contributed by atoms with Gasteiger partial charge in [-0.3, -0.25) is 0 Å². The number of amides is 1. The Balaban J connectivity index is 0. The third-order valence-electron chi connectivity index (χ3n) is 4.77. The van der Waals surface area contributed by atoms with Crippen molar-refractivity contribution in [3.05, 3.63) is 12.2 Å². The van der Waals surface area contributed by atoms with Crippen molar-refractivity contribution in [2.24, 2.45) is 0 Å². The molecule has 7 heteroatoms. The number of unbranched alkanes of at least 4 members (excludes halogenated alkanes) is 6. The zero-order chi connectivity index (χ0) is 24.7. The number of nitrogens with one attached hydrogen (secondary N) is 1. The van der Waals surface area contributed by atoms with E-state index in [4.69, 9.17) is 14.6 Å². The molecule has 1 atom stereocenters. The molecule has 0 saturated heterocycles. The summed E-state index contributed by atoms with van der Waals surface area (Å²) in [5, 5.41) is 11.5. The van der Waals surface area contributed by atoms with Crippen LogP contribution in [0.2, 0.25) is 25.7 Å². The first-order chi connectivity index (χ1) is 15.2. The number of hydrogen-bond acceptors (Lipinski definition) is 4. The molecule has 6 nitrogen and oxygen atoms in total. The lowest BCUT2D eigenvalue weighted by molar-refractivity contribution is -0.150. The van der Waals surface area contributed by atoms with Crippen LogP contribution in [0.5, 0.6) is 0 Å². The number of hydrogen-bond donors (Lipinski definition) is 2. The van der Waals surface area contributed by atoms with E-state index in [0.717, 1.165) is 44.7 Å². The summed E-state index contributed by atoms with van der Waals surface area (Å²) < 4.78 is 10.4. The van der Waals surface area contributed by atoms with E-state index in [1.165, 1.54) is 25.7 Å². The molecule has 0 heterocycles. The van der Waals surface area contributed by atoms with E-state index in [1.807, 2.05) is 6.92 Å². The minimum absolute atomic E-state index is 0.251. The molecule has 0 aliphatic heterocycles. The highest BCUT2D eigenvalue weighted by atomic mass is 28.3. The Kier molecular flexibility index (Phi) is 23.4. The predicted octanol–water partition coefficient (Wildman–Crippen LogP) is 7.02. The minimum atomic E-state index is -1.08. The second-order valence-corrected chi connectivity index (χ2v) is 14.9. The fourth-order valence-electron chi connectivity index (χ4n) is 2.66. The van der Waals surface area contributed by atoms with Crippen LogP contribution in [-0.4, -0.2) is 51.1 Å². The third kappa shape index (κ3) is 26.7. The van der Waals surface area contributed by atoms with Gasteiger partial charge in [0.1, 0.15) is 0 Å². The SMILES string of the molecule is CC/C=C\CCCCOC(CC)C(=O)O.CCCCCCCNC(=O)OCC[Si](C)(C)C. The zero-order valence-corrected chi connectivity index (χ0v) is 22.7. The van der Waals surface area contributed by atoms with Gasteiger partial charge >= 0.3 is 12.1 Å². The predicted molar refractivity (Wildman–Crippen MR) is 137 cm³/mol. The van der Waals surface area contributed by atoms with Gasteiger partial charge in [0.25, 0.3) is 0 Å². The monoisotopic (exact) mass is 473 g/mol. The normalized spacial score (nSPS) is 12.2. The number of rotatable bonds is 18. The number of carbonyl (C=O) groups is 2. The van der Waals surface area contributed by atoms with Crippen LogP contribution < -0.4 is 5.32 Å². The first-order valence-corrected chi connectivity index (χ1v) is 16.3. The van der Waals surface area contributed by atoms with E-state index >= 15 is 0 Å². The van der Waals surface area contributed by atoms with Gasteiger partial charge in [0.2, 0.25) is 0 Å². The molecule has 0 bridgehead atoms. The van der Waals surface area contributed by atoms with Gasteiger partial charge in [0.05, 0.1) is 6.61 Å². The van der Waals surface area contributed by atoms with Crippen molar-refractivity contribution < 1.29 is 24.2 Å². The van der Waals surface area contributed by atoms with E-state index in [1.54, 1.807) is 0 Å². The number of carbonyl (C=O) groups excluding carboxylic acids is 1. The number of carboxylic acids is 1.